The van der Waals surface area contributed by atoms with Gasteiger partial charge in [0.05, 0.1) is 18.6 Å². The van der Waals surface area contributed by atoms with Crippen molar-refractivity contribution in [1.29, 1.82) is 0 Å². The number of ketones is 1. The minimum atomic E-state index is -1.31. The van der Waals surface area contributed by atoms with Crippen LogP contribution in [-0.2, 0) is 23.9 Å². The summed E-state index contributed by atoms with van der Waals surface area (Å²) >= 11 is 0. The van der Waals surface area contributed by atoms with Gasteiger partial charge < -0.3 is 14.6 Å². The van der Waals surface area contributed by atoms with Crippen LogP contribution in [0.5, 0.6) is 0 Å². The minimum absolute atomic E-state index is 0.00555. The molecule has 5 aliphatic rings. The molecule has 1 saturated heterocycles. The molecule has 0 aromatic heterocycles. The van der Waals surface area contributed by atoms with E-state index in [1.165, 1.54) is 7.11 Å². The molecule has 168 valence electrons. The Morgan fingerprint density at radius 2 is 1.97 bits per heavy atom. The molecule has 6 heteroatoms. The average Bonchev–Trinajstić information content (AvgIpc) is 3.23. The highest BCUT2D eigenvalue weighted by Crippen LogP contribution is 2.73. The Bertz CT molecular complexity index is 934. The maximum Gasteiger partial charge on any atom is 0.309 e. The highest BCUT2D eigenvalue weighted by molar-refractivity contribution is 5.92. The summed E-state index contributed by atoms with van der Waals surface area (Å²) in [5.74, 6) is -1.43. The SMILES string of the molecule is C=C1C[C@@]2(C)[C@@H](CC[C@@]23CCC(=O)O3)[C@@H]2[C@H](C(=O)OC)CC3=CC(=O)CC[C@]3(C)[C@@]12O. The summed E-state index contributed by atoms with van der Waals surface area (Å²) in [7, 11) is 1.38. The fraction of sp³-hybridized carbons (Fsp3) is 0.720. The zero-order valence-electron chi connectivity index (χ0n) is 18.7. The van der Waals surface area contributed by atoms with Crippen LogP contribution >= 0.6 is 0 Å². The Hall–Kier alpha value is -1.95. The molecule has 0 bridgehead atoms. The van der Waals surface area contributed by atoms with Crippen molar-refractivity contribution < 1.29 is 29.0 Å². The Labute approximate surface area is 183 Å². The van der Waals surface area contributed by atoms with Crippen LogP contribution in [0.2, 0.25) is 0 Å². The van der Waals surface area contributed by atoms with Crippen LogP contribution < -0.4 is 0 Å². The Morgan fingerprint density at radius 3 is 2.61 bits per heavy atom. The predicted molar refractivity (Wildman–Crippen MR) is 112 cm³/mol. The van der Waals surface area contributed by atoms with Gasteiger partial charge in [0, 0.05) is 29.6 Å². The first kappa shape index (κ1) is 20.9. The molecule has 3 saturated carbocycles. The number of hydrogen-bond donors (Lipinski definition) is 1. The molecule has 1 spiro atoms. The van der Waals surface area contributed by atoms with E-state index in [0.29, 0.717) is 44.1 Å². The molecule has 4 fully saturated rings. The van der Waals surface area contributed by atoms with Crippen LogP contribution in [0.4, 0.5) is 0 Å². The van der Waals surface area contributed by atoms with E-state index in [0.717, 1.165) is 18.4 Å². The zero-order valence-corrected chi connectivity index (χ0v) is 18.7. The highest BCUT2D eigenvalue weighted by Gasteiger charge is 2.74. The van der Waals surface area contributed by atoms with E-state index in [9.17, 15) is 19.5 Å². The van der Waals surface area contributed by atoms with E-state index >= 15 is 0 Å². The number of carbonyl (C=O) groups excluding carboxylic acids is 3. The second-order valence-electron chi connectivity index (χ2n) is 10.9. The van der Waals surface area contributed by atoms with Crippen LogP contribution in [0.1, 0.15) is 65.2 Å². The predicted octanol–water partition coefficient (Wildman–Crippen LogP) is 3.27. The molecule has 31 heavy (non-hydrogen) atoms. The van der Waals surface area contributed by atoms with Gasteiger partial charge in [-0.3, -0.25) is 14.4 Å². The van der Waals surface area contributed by atoms with Crippen molar-refractivity contribution in [2.24, 2.45) is 28.6 Å². The van der Waals surface area contributed by atoms with Gasteiger partial charge in [-0.2, -0.15) is 0 Å². The minimum Gasteiger partial charge on any atom is -0.469 e. The molecule has 0 unspecified atom stereocenters. The molecule has 1 aliphatic heterocycles. The average molecular weight is 429 g/mol. The first-order chi connectivity index (χ1) is 14.5. The zero-order chi connectivity index (χ0) is 22.4. The van der Waals surface area contributed by atoms with Gasteiger partial charge >= 0.3 is 11.9 Å². The molecule has 7 atom stereocenters. The summed E-state index contributed by atoms with van der Waals surface area (Å²) < 4.78 is 11.2. The number of ether oxygens (including phenoxy) is 2. The van der Waals surface area contributed by atoms with Crippen LogP contribution in [0.15, 0.2) is 23.8 Å². The molecule has 4 aliphatic carbocycles. The third-order valence-corrected chi connectivity index (χ3v) is 9.93. The molecule has 6 nitrogen and oxygen atoms in total. The lowest BCUT2D eigenvalue weighted by molar-refractivity contribution is -0.204. The molecule has 0 aromatic rings. The van der Waals surface area contributed by atoms with Gasteiger partial charge in [0.25, 0.3) is 0 Å². The van der Waals surface area contributed by atoms with Crippen LogP contribution in [0.3, 0.4) is 0 Å². The topological polar surface area (TPSA) is 89.9 Å². The van der Waals surface area contributed by atoms with E-state index in [-0.39, 0.29) is 35.0 Å². The molecule has 0 aromatic carbocycles. The second-order valence-corrected chi connectivity index (χ2v) is 10.9. The molecule has 5 rings (SSSR count). The fourth-order valence-corrected chi connectivity index (χ4v) is 8.26. The first-order valence-electron chi connectivity index (χ1n) is 11.5. The van der Waals surface area contributed by atoms with E-state index < -0.39 is 22.5 Å². The standard InChI is InChI=1S/C25H32O6/c1-14-13-23(3)18(6-9-24(23)10-7-19(27)31-24)20-17(21(28)30-4)12-15-11-16(26)5-8-22(15,2)25(14,20)29/h11,17-18,20,29H,1,5-10,12-13H2,2-4H3/t17-,18+,20+,22+,23+,24-,25-/m1/s1. The van der Waals surface area contributed by atoms with Crippen molar-refractivity contribution in [2.75, 3.05) is 7.11 Å². The van der Waals surface area contributed by atoms with Gasteiger partial charge in [-0.05, 0) is 56.1 Å². The normalized spacial score (nSPS) is 48.6. The van der Waals surface area contributed by atoms with Crippen LogP contribution in [0.25, 0.3) is 0 Å². The highest BCUT2D eigenvalue weighted by atomic mass is 16.6. The summed E-state index contributed by atoms with van der Waals surface area (Å²) in [5.41, 5.74) is -1.37. The van der Waals surface area contributed by atoms with Crippen LogP contribution in [0, 0.1) is 28.6 Å². The van der Waals surface area contributed by atoms with Crippen molar-refractivity contribution in [3.63, 3.8) is 0 Å². The van der Waals surface area contributed by atoms with E-state index in [4.69, 9.17) is 9.47 Å². The van der Waals surface area contributed by atoms with Crippen molar-refractivity contribution in [2.45, 2.75) is 76.4 Å². The van der Waals surface area contributed by atoms with Gasteiger partial charge in [-0.15, -0.1) is 0 Å². The van der Waals surface area contributed by atoms with E-state index in [1.807, 2.05) is 6.92 Å². The Balaban J connectivity index is 1.68. The number of carbonyl (C=O) groups is 3. The first-order valence-corrected chi connectivity index (χ1v) is 11.5. The molecule has 0 radical (unpaired) electrons. The smallest absolute Gasteiger partial charge is 0.309 e. The largest absolute Gasteiger partial charge is 0.469 e. The van der Waals surface area contributed by atoms with Gasteiger partial charge in [0.2, 0.25) is 0 Å². The summed E-state index contributed by atoms with van der Waals surface area (Å²) in [5, 5.41) is 12.5. The Morgan fingerprint density at radius 1 is 1.23 bits per heavy atom. The van der Waals surface area contributed by atoms with Crippen molar-refractivity contribution >= 4 is 17.7 Å². The number of hydrogen-bond acceptors (Lipinski definition) is 6. The Kier molecular flexibility index (Phi) is 4.26. The van der Waals surface area contributed by atoms with Gasteiger partial charge in [0.1, 0.15) is 5.60 Å². The lowest BCUT2D eigenvalue weighted by atomic mass is 9.40. The van der Waals surface area contributed by atoms with Gasteiger partial charge in [-0.25, -0.2) is 0 Å². The van der Waals surface area contributed by atoms with Gasteiger partial charge in [0.15, 0.2) is 5.78 Å². The van der Waals surface area contributed by atoms with E-state index in [2.05, 4.69) is 13.5 Å². The third-order valence-electron chi connectivity index (χ3n) is 9.93. The summed E-state index contributed by atoms with van der Waals surface area (Å²) in [6.45, 7) is 8.55. The fourth-order valence-electron chi connectivity index (χ4n) is 8.26. The number of fused-ring (bicyclic) bond motifs is 6. The van der Waals surface area contributed by atoms with E-state index in [1.54, 1.807) is 6.08 Å². The lowest BCUT2D eigenvalue weighted by Gasteiger charge is -2.65. The molecular formula is C25H32O6. The number of rotatable bonds is 1. The van der Waals surface area contributed by atoms with Crippen molar-refractivity contribution in [1.82, 2.24) is 0 Å². The van der Waals surface area contributed by atoms with Crippen molar-refractivity contribution in [3.8, 4) is 0 Å². The monoisotopic (exact) mass is 428 g/mol. The molecule has 0 amide bonds. The summed E-state index contributed by atoms with van der Waals surface area (Å²) in [4.78, 5) is 37.4. The summed E-state index contributed by atoms with van der Waals surface area (Å²) in [6.07, 6.45) is 6.14. The number of aliphatic hydroxyl groups is 1. The number of methoxy groups -OCH3 is 1. The molecular weight excluding hydrogens is 396 g/mol. The maximum absolute atomic E-state index is 13.0. The quantitative estimate of drug-likeness (QED) is 0.509. The lowest BCUT2D eigenvalue weighted by Crippen LogP contribution is -2.68. The third kappa shape index (κ3) is 2.35. The van der Waals surface area contributed by atoms with Gasteiger partial charge in [-0.1, -0.05) is 26.0 Å². The molecule has 1 heterocycles. The summed E-state index contributed by atoms with van der Waals surface area (Å²) in [6, 6.07) is 0. The number of esters is 2. The van der Waals surface area contributed by atoms with Crippen molar-refractivity contribution in [3.05, 3.63) is 23.8 Å². The molecule has 1 N–H and O–H groups in total. The van der Waals surface area contributed by atoms with Crippen LogP contribution in [-0.4, -0.2) is 41.1 Å². The second kappa shape index (κ2) is 6.31. The maximum atomic E-state index is 13.0.